The molecule has 3 heterocycles. The summed E-state index contributed by atoms with van der Waals surface area (Å²) in [6.45, 7) is 8.62. The number of rotatable bonds is 6. The van der Waals surface area contributed by atoms with Gasteiger partial charge in [0, 0.05) is 44.0 Å². The quantitative estimate of drug-likeness (QED) is 0.157. The van der Waals surface area contributed by atoms with E-state index >= 15 is 0 Å². The van der Waals surface area contributed by atoms with E-state index in [9.17, 15) is 10.5 Å². The fourth-order valence-electron chi connectivity index (χ4n) is 9.22. The second-order valence-corrected chi connectivity index (χ2v) is 15.2. The zero-order valence-corrected chi connectivity index (χ0v) is 33.2. The zero-order chi connectivity index (χ0) is 41.7. The Bertz CT molecular complexity index is 3690. The van der Waals surface area contributed by atoms with Crippen LogP contribution in [0.1, 0.15) is 11.1 Å². The van der Waals surface area contributed by atoms with Gasteiger partial charge in [-0.25, -0.2) is 9.83 Å². The Morgan fingerprint density at radius 2 is 1.02 bits per heavy atom. The van der Waals surface area contributed by atoms with Gasteiger partial charge in [-0.1, -0.05) is 152 Å². The van der Waals surface area contributed by atoms with Gasteiger partial charge in [-0.15, -0.1) is 0 Å². The second-order valence-electron chi connectivity index (χ2n) is 15.2. The van der Waals surface area contributed by atoms with Crippen LogP contribution < -0.4 is 0 Å². The van der Waals surface area contributed by atoms with Crippen molar-refractivity contribution in [2.45, 2.75) is 0 Å². The number of hydrogen-bond acceptors (Lipinski definition) is 3. The lowest BCUT2D eigenvalue weighted by Crippen LogP contribution is -2.02. The molecule has 0 saturated heterocycles. The van der Waals surface area contributed by atoms with Gasteiger partial charge in [-0.2, -0.15) is 10.5 Å². The van der Waals surface area contributed by atoms with E-state index in [1.807, 2.05) is 91.0 Å². The lowest BCUT2D eigenvalue weighted by Gasteiger charge is -2.17. The Hall–Kier alpha value is -9.02. The number of benzene rings is 8. The molecule has 8 aromatic carbocycles. The summed E-state index contributed by atoms with van der Waals surface area (Å²) in [5.74, 6) is 0. The number of aromatic nitrogens is 3. The van der Waals surface area contributed by atoms with E-state index in [0.717, 1.165) is 71.9 Å². The van der Waals surface area contributed by atoms with Crippen molar-refractivity contribution >= 4 is 49.3 Å². The number of para-hydroxylation sites is 4. The first-order valence-corrected chi connectivity index (χ1v) is 20.3. The molecule has 286 valence electrons. The van der Waals surface area contributed by atoms with E-state index in [2.05, 4.69) is 129 Å². The predicted molar refractivity (Wildman–Crippen MR) is 250 cm³/mol. The van der Waals surface area contributed by atoms with Gasteiger partial charge < -0.3 is 9.13 Å². The van der Waals surface area contributed by atoms with Crippen LogP contribution in [-0.2, 0) is 0 Å². The monoisotopic (exact) mass is 788 g/mol. The minimum atomic E-state index is 0.278. The lowest BCUT2D eigenvalue weighted by atomic mass is 9.89. The van der Waals surface area contributed by atoms with E-state index in [-0.39, 0.29) is 5.56 Å². The summed E-state index contributed by atoms with van der Waals surface area (Å²) in [6, 6.07) is 69.9. The van der Waals surface area contributed by atoms with E-state index in [0.29, 0.717) is 33.8 Å². The molecule has 0 atom stereocenters. The van der Waals surface area contributed by atoms with Crippen molar-refractivity contribution in [1.29, 1.82) is 10.5 Å². The molecule has 0 aliphatic rings. The van der Waals surface area contributed by atoms with Gasteiger partial charge in [-0.3, -0.25) is 0 Å². The van der Waals surface area contributed by atoms with Gasteiger partial charge in [0.15, 0.2) is 5.69 Å². The Balaban J connectivity index is 1.21. The van der Waals surface area contributed by atoms with Gasteiger partial charge in [0.1, 0.15) is 12.1 Å². The average molecular weight is 789 g/mol. The van der Waals surface area contributed by atoms with Crippen LogP contribution in [0.15, 0.2) is 194 Å². The summed E-state index contributed by atoms with van der Waals surface area (Å²) in [6.07, 6.45) is 0. The van der Waals surface area contributed by atoms with E-state index in [1.165, 1.54) is 5.39 Å². The van der Waals surface area contributed by atoms with Gasteiger partial charge in [0.25, 0.3) is 0 Å². The minimum Gasteiger partial charge on any atom is -0.309 e. The molecule has 0 amide bonds. The maximum absolute atomic E-state index is 10.8. The van der Waals surface area contributed by atoms with Crippen molar-refractivity contribution in [2.75, 3.05) is 0 Å². The molecule has 3 aromatic heterocycles. The van der Waals surface area contributed by atoms with Crippen molar-refractivity contribution in [3.8, 4) is 68.3 Å². The molecule has 0 spiro atoms. The van der Waals surface area contributed by atoms with Crippen molar-refractivity contribution < 1.29 is 0 Å². The summed E-state index contributed by atoms with van der Waals surface area (Å²) in [7, 11) is 0. The molecule has 6 heteroatoms. The normalized spacial score (nSPS) is 11.2. The first-order valence-electron chi connectivity index (χ1n) is 20.3. The number of nitriles is 2. The van der Waals surface area contributed by atoms with Crippen LogP contribution in [0.5, 0.6) is 0 Å². The molecule has 0 radical (unpaired) electrons. The second kappa shape index (κ2) is 14.7. The van der Waals surface area contributed by atoms with Crippen LogP contribution in [0.25, 0.3) is 105 Å². The zero-order valence-electron chi connectivity index (χ0n) is 33.2. The topological polar surface area (TPSA) is 74.7 Å². The third-order valence-electron chi connectivity index (χ3n) is 11.8. The Morgan fingerprint density at radius 3 is 1.66 bits per heavy atom. The molecular formula is C56H32N6. The first kappa shape index (κ1) is 36.1. The summed E-state index contributed by atoms with van der Waals surface area (Å²) < 4.78 is 4.70. The predicted octanol–water partition coefficient (Wildman–Crippen LogP) is 14.2. The molecule has 0 N–H and O–H groups in total. The number of fused-ring (bicyclic) bond motifs is 7. The molecule has 0 fully saturated rings. The Morgan fingerprint density at radius 1 is 0.452 bits per heavy atom. The van der Waals surface area contributed by atoms with E-state index in [4.69, 9.17) is 11.6 Å². The SMILES string of the molecule is [C-]#[N+]c1cc(-c2nc(-c3ccccc3)c(C#N)c(-c3ccccc3)c2C#N)ccc1-c1cccc2c3c(ccc4c5ccccc5n(-c5ccccc5)c43)n(-c3ccccc3)c12. The van der Waals surface area contributed by atoms with Gasteiger partial charge in [0.05, 0.1) is 51.2 Å². The molecular weight excluding hydrogens is 757 g/mol. The summed E-state index contributed by atoms with van der Waals surface area (Å²) in [5, 5.41) is 26.0. The maximum atomic E-state index is 10.8. The van der Waals surface area contributed by atoms with Crippen molar-refractivity contribution in [1.82, 2.24) is 14.1 Å². The summed E-state index contributed by atoms with van der Waals surface area (Å²) in [5.41, 5.74) is 12.6. The maximum Gasteiger partial charge on any atom is 0.195 e. The van der Waals surface area contributed by atoms with Crippen LogP contribution >= 0.6 is 0 Å². The van der Waals surface area contributed by atoms with Crippen molar-refractivity contribution in [3.05, 3.63) is 217 Å². The van der Waals surface area contributed by atoms with Gasteiger partial charge >= 0.3 is 0 Å². The highest BCUT2D eigenvalue weighted by Gasteiger charge is 2.26. The van der Waals surface area contributed by atoms with Crippen LogP contribution in [0.3, 0.4) is 0 Å². The highest BCUT2D eigenvalue weighted by Crippen LogP contribution is 2.47. The van der Waals surface area contributed by atoms with Gasteiger partial charge in [0.2, 0.25) is 0 Å². The Labute approximate surface area is 357 Å². The van der Waals surface area contributed by atoms with Crippen LogP contribution in [0.2, 0.25) is 0 Å². The van der Waals surface area contributed by atoms with Crippen LogP contribution in [-0.4, -0.2) is 14.1 Å². The molecule has 62 heavy (non-hydrogen) atoms. The highest BCUT2D eigenvalue weighted by molar-refractivity contribution is 6.27. The fourth-order valence-corrected chi connectivity index (χ4v) is 9.22. The van der Waals surface area contributed by atoms with E-state index < -0.39 is 0 Å². The molecule has 11 aromatic rings. The highest BCUT2D eigenvalue weighted by atomic mass is 15.0. The average Bonchev–Trinajstić information content (AvgIpc) is 3.87. The van der Waals surface area contributed by atoms with Gasteiger partial charge in [-0.05, 0) is 64.7 Å². The van der Waals surface area contributed by atoms with E-state index in [1.54, 1.807) is 0 Å². The number of nitrogens with zero attached hydrogens (tertiary/aromatic N) is 6. The molecule has 11 rings (SSSR count). The number of pyridine rings is 1. The smallest absolute Gasteiger partial charge is 0.195 e. The lowest BCUT2D eigenvalue weighted by molar-refractivity contribution is 1.17. The summed E-state index contributed by atoms with van der Waals surface area (Å²) in [4.78, 5) is 9.23. The molecule has 0 unspecified atom stereocenters. The number of hydrogen-bond donors (Lipinski definition) is 0. The summed E-state index contributed by atoms with van der Waals surface area (Å²) >= 11 is 0. The molecule has 6 nitrogen and oxygen atoms in total. The fraction of sp³-hybridized carbons (Fsp3) is 0. The molecule has 0 aliphatic carbocycles. The molecule has 0 saturated carbocycles. The molecule has 0 aliphatic heterocycles. The first-order chi connectivity index (χ1) is 30.7. The Kier molecular flexibility index (Phi) is 8.54. The third-order valence-corrected chi connectivity index (χ3v) is 11.8. The van der Waals surface area contributed by atoms with Crippen molar-refractivity contribution in [2.24, 2.45) is 0 Å². The molecule has 0 bridgehead atoms. The van der Waals surface area contributed by atoms with Crippen LogP contribution in [0, 0.1) is 29.2 Å². The standard InChI is InChI=1S/C56H32N6/c1-59-48-33-38(54-47(35-58)51(36-17-6-2-7-18-36)46(34-57)53(60-54)37-19-8-3-9-20-37)29-30-41(48)43-26-16-27-45-52-50(62(55(43)45)40-23-12-5-13-24-40)32-31-44-42-25-14-15-28-49(42)61(56(44)52)39-21-10-4-11-22-39/h2-33H. The van der Waals surface area contributed by atoms with Crippen LogP contribution in [0.4, 0.5) is 5.69 Å². The van der Waals surface area contributed by atoms with Crippen molar-refractivity contribution in [3.63, 3.8) is 0 Å². The minimum absolute atomic E-state index is 0.278. The largest absolute Gasteiger partial charge is 0.309 e. The third kappa shape index (κ3) is 5.51.